The van der Waals surface area contributed by atoms with Gasteiger partial charge in [-0.1, -0.05) is 26.0 Å². The summed E-state index contributed by atoms with van der Waals surface area (Å²) in [5.41, 5.74) is 1.29. The van der Waals surface area contributed by atoms with Gasteiger partial charge in [0.05, 0.1) is 12.1 Å². The molecule has 0 bridgehead atoms. The lowest BCUT2D eigenvalue weighted by Crippen LogP contribution is -2.21. The summed E-state index contributed by atoms with van der Waals surface area (Å²) in [6, 6.07) is 13.3. The van der Waals surface area contributed by atoms with E-state index in [4.69, 9.17) is 4.74 Å². The summed E-state index contributed by atoms with van der Waals surface area (Å²) in [4.78, 5) is 2.83. The number of hydrogen-bond donors (Lipinski definition) is 1. The quantitative estimate of drug-likeness (QED) is 0.810. The van der Waals surface area contributed by atoms with E-state index in [0.717, 1.165) is 18.7 Å². The van der Waals surface area contributed by atoms with Crippen molar-refractivity contribution in [3.05, 3.63) is 51.7 Å². The third-order valence-electron chi connectivity index (χ3n) is 3.74. The van der Waals surface area contributed by atoms with Crippen LogP contribution in [0.15, 0.2) is 36.4 Å². The van der Waals surface area contributed by atoms with Crippen LogP contribution in [-0.4, -0.2) is 12.6 Å². The van der Waals surface area contributed by atoms with E-state index in [9.17, 15) is 0 Å². The van der Waals surface area contributed by atoms with Crippen LogP contribution in [0.1, 0.15) is 48.0 Å². The Morgan fingerprint density at radius 1 is 1.24 bits per heavy atom. The van der Waals surface area contributed by atoms with Crippen molar-refractivity contribution in [3.8, 4) is 5.75 Å². The molecule has 1 fully saturated rings. The molecule has 3 heteroatoms. The van der Waals surface area contributed by atoms with Gasteiger partial charge in [0, 0.05) is 9.75 Å². The molecule has 1 saturated carbocycles. The van der Waals surface area contributed by atoms with Crippen LogP contribution in [0.2, 0.25) is 0 Å². The molecule has 3 rings (SSSR count). The van der Waals surface area contributed by atoms with E-state index in [1.165, 1.54) is 28.2 Å². The van der Waals surface area contributed by atoms with E-state index in [1.807, 2.05) is 11.3 Å². The van der Waals surface area contributed by atoms with Gasteiger partial charge in [0.1, 0.15) is 5.75 Å². The fourth-order valence-corrected chi connectivity index (χ4v) is 3.53. The largest absolute Gasteiger partial charge is 0.490 e. The van der Waals surface area contributed by atoms with Crippen LogP contribution < -0.4 is 10.1 Å². The smallest absolute Gasteiger partial charge is 0.120 e. The molecule has 0 amide bonds. The van der Waals surface area contributed by atoms with Crippen LogP contribution in [0.3, 0.4) is 0 Å². The molecule has 112 valence electrons. The van der Waals surface area contributed by atoms with Crippen LogP contribution >= 0.6 is 11.3 Å². The fourth-order valence-electron chi connectivity index (χ4n) is 2.47. The number of rotatable bonds is 7. The minimum Gasteiger partial charge on any atom is -0.490 e. The zero-order valence-corrected chi connectivity index (χ0v) is 13.6. The molecule has 1 aliphatic carbocycles. The molecule has 1 unspecified atom stereocenters. The van der Waals surface area contributed by atoms with E-state index >= 15 is 0 Å². The number of hydrogen-bond acceptors (Lipinski definition) is 3. The van der Waals surface area contributed by atoms with Crippen molar-refractivity contribution in [1.82, 2.24) is 5.32 Å². The maximum Gasteiger partial charge on any atom is 0.120 e. The fraction of sp³-hybridized carbons (Fsp3) is 0.444. The van der Waals surface area contributed by atoms with Crippen molar-refractivity contribution < 1.29 is 4.74 Å². The zero-order valence-electron chi connectivity index (χ0n) is 12.8. The lowest BCUT2D eigenvalue weighted by atomic mass is 10.0. The van der Waals surface area contributed by atoms with E-state index in [-0.39, 0.29) is 6.04 Å². The average molecular weight is 301 g/mol. The van der Waals surface area contributed by atoms with Gasteiger partial charge in [0.2, 0.25) is 0 Å². The molecule has 21 heavy (non-hydrogen) atoms. The van der Waals surface area contributed by atoms with E-state index in [2.05, 4.69) is 55.6 Å². The Hall–Kier alpha value is -1.32. The number of benzene rings is 1. The number of ether oxygens (including phenoxy) is 1. The topological polar surface area (TPSA) is 21.3 Å². The highest BCUT2D eigenvalue weighted by molar-refractivity contribution is 7.12. The van der Waals surface area contributed by atoms with Crippen molar-refractivity contribution in [1.29, 1.82) is 0 Å². The van der Waals surface area contributed by atoms with Gasteiger partial charge in [-0.25, -0.2) is 0 Å². The molecule has 0 radical (unpaired) electrons. The van der Waals surface area contributed by atoms with Crippen molar-refractivity contribution in [2.45, 2.75) is 45.3 Å². The number of aryl methyl sites for hydroxylation is 1. The molecule has 1 N–H and O–H groups in total. The second-order valence-electron chi connectivity index (χ2n) is 5.54. The lowest BCUT2D eigenvalue weighted by molar-refractivity contribution is 0.302. The van der Waals surface area contributed by atoms with Gasteiger partial charge >= 0.3 is 0 Å². The van der Waals surface area contributed by atoms with Gasteiger partial charge in [0.25, 0.3) is 0 Å². The maximum absolute atomic E-state index is 5.93. The average Bonchev–Trinajstić information content (AvgIpc) is 3.18. The Balaban J connectivity index is 1.85. The van der Waals surface area contributed by atoms with Gasteiger partial charge in [-0.3, -0.25) is 0 Å². The SMILES string of the molecule is CCNC(c1cccc(OC2CC2)c1)c1ccc(CC)s1. The predicted molar refractivity (Wildman–Crippen MR) is 89.3 cm³/mol. The molecular formula is C18H23NOS. The molecule has 0 aliphatic heterocycles. The Labute approximate surface area is 131 Å². The summed E-state index contributed by atoms with van der Waals surface area (Å²) in [5, 5.41) is 3.60. The normalized spacial score (nSPS) is 15.9. The number of nitrogens with one attached hydrogen (secondary N) is 1. The third-order valence-corrected chi connectivity index (χ3v) is 5.04. The summed E-state index contributed by atoms with van der Waals surface area (Å²) < 4.78 is 5.93. The summed E-state index contributed by atoms with van der Waals surface area (Å²) in [6.45, 7) is 5.32. The van der Waals surface area contributed by atoms with Gasteiger partial charge in [-0.15, -0.1) is 11.3 Å². The molecule has 1 aromatic heterocycles. The Kier molecular flexibility index (Phi) is 4.61. The molecule has 1 heterocycles. The first-order chi connectivity index (χ1) is 10.3. The molecule has 0 saturated heterocycles. The van der Waals surface area contributed by atoms with Crippen molar-refractivity contribution in [3.63, 3.8) is 0 Å². The van der Waals surface area contributed by atoms with E-state index < -0.39 is 0 Å². The second-order valence-corrected chi connectivity index (χ2v) is 6.74. The number of thiophene rings is 1. The Bertz CT molecular complexity index is 588. The third kappa shape index (κ3) is 3.66. The van der Waals surface area contributed by atoms with Crippen molar-refractivity contribution >= 4 is 11.3 Å². The molecule has 0 spiro atoms. The second kappa shape index (κ2) is 6.63. The van der Waals surface area contributed by atoms with Crippen LogP contribution in [0.5, 0.6) is 5.75 Å². The van der Waals surface area contributed by atoms with Crippen LogP contribution in [0.25, 0.3) is 0 Å². The van der Waals surface area contributed by atoms with Crippen LogP contribution in [-0.2, 0) is 6.42 Å². The summed E-state index contributed by atoms with van der Waals surface area (Å²) >= 11 is 1.90. The first-order valence-corrected chi connectivity index (χ1v) is 8.70. The molecule has 1 aliphatic rings. The molecule has 2 nitrogen and oxygen atoms in total. The minimum atomic E-state index is 0.267. The van der Waals surface area contributed by atoms with E-state index in [0.29, 0.717) is 6.10 Å². The lowest BCUT2D eigenvalue weighted by Gasteiger charge is -2.18. The molecular weight excluding hydrogens is 278 g/mol. The van der Waals surface area contributed by atoms with Gasteiger partial charge < -0.3 is 10.1 Å². The summed E-state index contributed by atoms with van der Waals surface area (Å²) in [6.07, 6.45) is 3.96. The standard InChI is InChI=1S/C18H23NOS/c1-3-16-10-11-17(21-16)18(19-4-2)13-6-5-7-15(12-13)20-14-8-9-14/h5-7,10-12,14,18-19H,3-4,8-9H2,1-2H3. The van der Waals surface area contributed by atoms with Crippen molar-refractivity contribution in [2.75, 3.05) is 6.54 Å². The highest BCUT2D eigenvalue weighted by Crippen LogP contribution is 2.32. The van der Waals surface area contributed by atoms with Gasteiger partial charge in [0.15, 0.2) is 0 Å². The Morgan fingerprint density at radius 2 is 2.10 bits per heavy atom. The first-order valence-electron chi connectivity index (χ1n) is 7.88. The van der Waals surface area contributed by atoms with E-state index in [1.54, 1.807) is 0 Å². The van der Waals surface area contributed by atoms with Gasteiger partial charge in [-0.05, 0) is 55.6 Å². The van der Waals surface area contributed by atoms with Crippen LogP contribution in [0.4, 0.5) is 0 Å². The highest BCUT2D eigenvalue weighted by atomic mass is 32.1. The van der Waals surface area contributed by atoms with Crippen LogP contribution in [0, 0.1) is 0 Å². The van der Waals surface area contributed by atoms with Gasteiger partial charge in [-0.2, -0.15) is 0 Å². The predicted octanol–water partition coefficient (Wildman–Crippen LogP) is 4.55. The first kappa shape index (κ1) is 14.6. The molecule has 1 atom stereocenters. The zero-order chi connectivity index (χ0) is 14.7. The monoisotopic (exact) mass is 301 g/mol. The molecule has 2 aromatic rings. The minimum absolute atomic E-state index is 0.267. The highest BCUT2D eigenvalue weighted by Gasteiger charge is 2.24. The Morgan fingerprint density at radius 3 is 2.76 bits per heavy atom. The van der Waals surface area contributed by atoms with Crippen molar-refractivity contribution in [2.24, 2.45) is 0 Å². The summed E-state index contributed by atoms with van der Waals surface area (Å²) in [7, 11) is 0. The maximum atomic E-state index is 5.93. The molecule has 1 aromatic carbocycles. The summed E-state index contributed by atoms with van der Waals surface area (Å²) in [5.74, 6) is 1.00.